The van der Waals surface area contributed by atoms with Crippen molar-refractivity contribution in [2.24, 2.45) is 0 Å². The fourth-order valence-corrected chi connectivity index (χ4v) is 3.00. The lowest BCUT2D eigenvalue weighted by atomic mass is 10.4. The molecule has 120 valence electrons. The molecule has 0 unspecified atom stereocenters. The third kappa shape index (κ3) is 5.08. The number of nitrogens with zero attached hydrogens (tertiary/aromatic N) is 4. The topological polar surface area (TPSA) is 102 Å². The molecule has 0 saturated heterocycles. The molecule has 8 nitrogen and oxygen atoms in total. The van der Waals surface area contributed by atoms with Crippen molar-refractivity contribution in [2.45, 2.75) is 19.8 Å². The summed E-state index contributed by atoms with van der Waals surface area (Å²) >= 11 is 0. The molecule has 2 aromatic heterocycles. The SMILES string of the molecule is CCCCS(=O)(=O)NCCNc1cc(-n2cccn2)ncn1. The van der Waals surface area contributed by atoms with Gasteiger partial charge in [-0.3, -0.25) is 0 Å². The van der Waals surface area contributed by atoms with E-state index in [1.807, 2.05) is 6.92 Å². The molecule has 2 aromatic rings. The highest BCUT2D eigenvalue weighted by Crippen LogP contribution is 2.07. The lowest BCUT2D eigenvalue weighted by Crippen LogP contribution is -2.31. The molecule has 0 amide bonds. The minimum atomic E-state index is -3.18. The van der Waals surface area contributed by atoms with Crippen LogP contribution in [0.4, 0.5) is 5.82 Å². The van der Waals surface area contributed by atoms with Crippen molar-refractivity contribution in [3.63, 3.8) is 0 Å². The van der Waals surface area contributed by atoms with Crippen LogP contribution in [0.1, 0.15) is 19.8 Å². The average molecular weight is 324 g/mol. The highest BCUT2D eigenvalue weighted by Gasteiger charge is 2.08. The first kappa shape index (κ1) is 16.4. The van der Waals surface area contributed by atoms with Gasteiger partial charge in [-0.1, -0.05) is 13.3 Å². The Morgan fingerprint density at radius 2 is 2.14 bits per heavy atom. The van der Waals surface area contributed by atoms with Crippen molar-refractivity contribution in [3.05, 3.63) is 30.9 Å². The van der Waals surface area contributed by atoms with Crippen molar-refractivity contribution in [1.82, 2.24) is 24.5 Å². The summed E-state index contributed by atoms with van der Waals surface area (Å²) < 4.78 is 27.4. The molecule has 0 aromatic carbocycles. The number of nitrogens with one attached hydrogen (secondary N) is 2. The van der Waals surface area contributed by atoms with Gasteiger partial charge >= 0.3 is 0 Å². The van der Waals surface area contributed by atoms with Crippen LogP contribution in [0.5, 0.6) is 0 Å². The first-order valence-electron chi connectivity index (χ1n) is 7.14. The Hall–Kier alpha value is -2.00. The molecule has 0 aliphatic rings. The molecular formula is C13H20N6O2S. The molecule has 0 fully saturated rings. The standard InChI is InChI=1S/C13H20N6O2S/c1-2-3-9-22(20,21)18-7-6-14-12-10-13(16-11-15-12)19-8-4-5-17-19/h4-5,8,10-11,18H,2-3,6-7,9H2,1H3,(H,14,15,16). The number of anilines is 1. The van der Waals surface area contributed by atoms with Crippen molar-refractivity contribution < 1.29 is 8.42 Å². The molecule has 0 aliphatic heterocycles. The molecule has 0 spiro atoms. The Labute approximate surface area is 130 Å². The summed E-state index contributed by atoms with van der Waals surface area (Å²) in [6.07, 6.45) is 6.41. The second-order valence-corrected chi connectivity index (χ2v) is 6.63. The summed E-state index contributed by atoms with van der Waals surface area (Å²) in [4.78, 5) is 8.21. The van der Waals surface area contributed by atoms with E-state index in [2.05, 4.69) is 25.1 Å². The van der Waals surface area contributed by atoms with Gasteiger partial charge in [-0.15, -0.1) is 0 Å². The van der Waals surface area contributed by atoms with Crippen molar-refractivity contribution in [1.29, 1.82) is 0 Å². The smallest absolute Gasteiger partial charge is 0.211 e. The number of hydrogen-bond donors (Lipinski definition) is 2. The highest BCUT2D eigenvalue weighted by molar-refractivity contribution is 7.89. The predicted octanol–water partition coefficient (Wildman–Crippen LogP) is 0.794. The molecular weight excluding hydrogens is 304 g/mol. The normalized spacial score (nSPS) is 11.5. The van der Waals surface area contributed by atoms with Crippen molar-refractivity contribution in [2.75, 3.05) is 24.2 Å². The average Bonchev–Trinajstić information content (AvgIpc) is 3.04. The number of aromatic nitrogens is 4. The zero-order valence-corrected chi connectivity index (χ0v) is 13.3. The molecule has 0 aliphatic carbocycles. The third-order valence-corrected chi connectivity index (χ3v) is 4.38. The predicted molar refractivity (Wildman–Crippen MR) is 84.3 cm³/mol. The summed E-state index contributed by atoms with van der Waals surface area (Å²) in [6, 6.07) is 3.55. The number of rotatable bonds is 9. The van der Waals surface area contributed by atoms with Crippen LogP contribution in [-0.2, 0) is 10.0 Å². The maximum absolute atomic E-state index is 11.6. The van der Waals surface area contributed by atoms with Crippen molar-refractivity contribution in [3.8, 4) is 5.82 Å². The van der Waals surface area contributed by atoms with Gasteiger partial charge in [0.05, 0.1) is 5.75 Å². The van der Waals surface area contributed by atoms with Gasteiger partial charge < -0.3 is 5.32 Å². The van der Waals surface area contributed by atoms with Crippen molar-refractivity contribution >= 4 is 15.8 Å². The van der Waals surface area contributed by atoms with Crippen LogP contribution in [0.3, 0.4) is 0 Å². The first-order chi connectivity index (χ1) is 10.6. The van der Waals surface area contributed by atoms with E-state index < -0.39 is 10.0 Å². The number of unbranched alkanes of at least 4 members (excludes halogenated alkanes) is 1. The molecule has 22 heavy (non-hydrogen) atoms. The molecule has 0 saturated carbocycles. The quantitative estimate of drug-likeness (QED) is 0.661. The monoisotopic (exact) mass is 324 g/mol. The van der Waals surface area contributed by atoms with Gasteiger partial charge in [0, 0.05) is 31.5 Å². The summed E-state index contributed by atoms with van der Waals surface area (Å²) in [5, 5.41) is 7.15. The van der Waals surface area contributed by atoms with E-state index >= 15 is 0 Å². The van der Waals surface area contributed by atoms with Gasteiger partial charge in [0.25, 0.3) is 0 Å². The van der Waals surface area contributed by atoms with Crippen LogP contribution < -0.4 is 10.0 Å². The fraction of sp³-hybridized carbons (Fsp3) is 0.462. The highest BCUT2D eigenvalue weighted by atomic mass is 32.2. The van der Waals surface area contributed by atoms with Gasteiger partial charge in [0.15, 0.2) is 5.82 Å². The maximum Gasteiger partial charge on any atom is 0.211 e. The summed E-state index contributed by atoms with van der Waals surface area (Å²) in [5.41, 5.74) is 0. The maximum atomic E-state index is 11.6. The summed E-state index contributed by atoms with van der Waals surface area (Å²) in [6.45, 7) is 2.72. The Balaban J connectivity index is 1.81. The Bertz CT molecular complexity index is 672. The van der Waals surface area contributed by atoms with Crippen LogP contribution in [0.15, 0.2) is 30.9 Å². The Morgan fingerprint density at radius 1 is 1.27 bits per heavy atom. The van der Waals surface area contributed by atoms with Crippen LogP contribution in [0.2, 0.25) is 0 Å². The minimum Gasteiger partial charge on any atom is -0.369 e. The van der Waals surface area contributed by atoms with E-state index in [4.69, 9.17) is 0 Å². The molecule has 2 heterocycles. The van der Waals surface area contributed by atoms with Gasteiger partial charge in [0.1, 0.15) is 12.1 Å². The van der Waals surface area contributed by atoms with Gasteiger partial charge in [-0.25, -0.2) is 27.8 Å². The zero-order valence-electron chi connectivity index (χ0n) is 12.4. The van der Waals surface area contributed by atoms with E-state index in [0.29, 0.717) is 31.1 Å². The third-order valence-electron chi connectivity index (χ3n) is 2.91. The lowest BCUT2D eigenvalue weighted by molar-refractivity contribution is 0.579. The second kappa shape index (κ2) is 7.85. The van der Waals surface area contributed by atoms with E-state index in [1.165, 1.54) is 6.33 Å². The molecule has 0 atom stereocenters. The number of sulfonamides is 1. The molecule has 2 rings (SSSR count). The van der Waals surface area contributed by atoms with E-state index in [1.54, 1.807) is 29.2 Å². The van der Waals surface area contributed by atoms with Crippen LogP contribution in [0, 0.1) is 0 Å². The zero-order chi connectivity index (χ0) is 15.8. The van der Waals surface area contributed by atoms with Crippen LogP contribution >= 0.6 is 0 Å². The second-order valence-electron chi connectivity index (χ2n) is 4.71. The van der Waals surface area contributed by atoms with E-state index in [0.717, 1.165) is 6.42 Å². The molecule has 0 bridgehead atoms. The minimum absolute atomic E-state index is 0.167. The van der Waals surface area contributed by atoms with E-state index in [9.17, 15) is 8.42 Å². The van der Waals surface area contributed by atoms with Crippen LogP contribution in [0.25, 0.3) is 5.82 Å². The summed E-state index contributed by atoms with van der Waals surface area (Å²) in [5.74, 6) is 1.43. The molecule has 2 N–H and O–H groups in total. The fourth-order valence-electron chi connectivity index (χ4n) is 1.78. The van der Waals surface area contributed by atoms with Gasteiger partial charge in [-0.05, 0) is 12.5 Å². The van der Waals surface area contributed by atoms with Gasteiger partial charge in [0.2, 0.25) is 10.0 Å². The van der Waals surface area contributed by atoms with E-state index in [-0.39, 0.29) is 5.75 Å². The summed E-state index contributed by atoms with van der Waals surface area (Å²) in [7, 11) is -3.18. The largest absolute Gasteiger partial charge is 0.369 e. The molecule has 9 heteroatoms. The Morgan fingerprint density at radius 3 is 2.86 bits per heavy atom. The Kier molecular flexibility index (Phi) is 5.84. The lowest BCUT2D eigenvalue weighted by Gasteiger charge is -2.08. The number of hydrogen-bond acceptors (Lipinski definition) is 6. The molecule has 0 radical (unpaired) electrons. The first-order valence-corrected chi connectivity index (χ1v) is 8.79. The van der Waals surface area contributed by atoms with Gasteiger partial charge in [-0.2, -0.15) is 5.10 Å². The van der Waals surface area contributed by atoms with Crippen LogP contribution in [-0.4, -0.2) is 47.0 Å².